The Kier molecular flexibility index (Phi) is 3.56. The molecular formula is C12H16F3N3. The number of alkyl halides is 3. The quantitative estimate of drug-likeness (QED) is 0.776. The van der Waals surface area contributed by atoms with E-state index in [1.807, 2.05) is 7.05 Å². The van der Waals surface area contributed by atoms with Crippen molar-refractivity contribution in [3.05, 3.63) is 23.3 Å². The molecule has 1 aliphatic rings. The fourth-order valence-electron chi connectivity index (χ4n) is 2.23. The van der Waals surface area contributed by atoms with Crippen molar-refractivity contribution in [2.75, 3.05) is 20.1 Å². The number of hydrogen-bond acceptors (Lipinski definition) is 3. The van der Waals surface area contributed by atoms with E-state index in [0.717, 1.165) is 25.9 Å². The summed E-state index contributed by atoms with van der Waals surface area (Å²) in [5.74, 6) is -0.902. The number of halogens is 3. The number of hydrogen-bond donors (Lipinski definition) is 0. The van der Waals surface area contributed by atoms with Gasteiger partial charge in [-0.25, -0.2) is 9.97 Å². The summed E-state index contributed by atoms with van der Waals surface area (Å²) in [5, 5.41) is 0. The SMILES string of the molecule is Cc1cc(C2CCN(C)CC2)nc(C(F)(F)F)n1. The minimum atomic E-state index is -4.47. The molecule has 1 aliphatic heterocycles. The van der Waals surface area contributed by atoms with Gasteiger partial charge in [-0.1, -0.05) is 0 Å². The molecule has 1 fully saturated rings. The lowest BCUT2D eigenvalue weighted by Crippen LogP contribution is -2.30. The van der Waals surface area contributed by atoms with Crippen LogP contribution in [0.4, 0.5) is 13.2 Å². The van der Waals surface area contributed by atoms with Crippen LogP contribution in [0.2, 0.25) is 0 Å². The summed E-state index contributed by atoms with van der Waals surface area (Å²) in [6, 6.07) is 1.67. The maximum Gasteiger partial charge on any atom is 0.451 e. The highest BCUT2D eigenvalue weighted by Crippen LogP contribution is 2.30. The molecule has 0 radical (unpaired) electrons. The van der Waals surface area contributed by atoms with E-state index >= 15 is 0 Å². The van der Waals surface area contributed by atoms with Crippen LogP contribution in [0.1, 0.15) is 36.0 Å². The lowest BCUT2D eigenvalue weighted by atomic mass is 9.93. The summed E-state index contributed by atoms with van der Waals surface area (Å²) in [6.45, 7) is 3.37. The zero-order chi connectivity index (χ0) is 13.3. The smallest absolute Gasteiger partial charge is 0.306 e. The van der Waals surface area contributed by atoms with Crippen LogP contribution in [0.25, 0.3) is 0 Å². The monoisotopic (exact) mass is 259 g/mol. The maximum atomic E-state index is 12.6. The Morgan fingerprint density at radius 2 is 1.83 bits per heavy atom. The summed E-state index contributed by atoms with van der Waals surface area (Å²) in [5.41, 5.74) is 0.911. The van der Waals surface area contributed by atoms with Crippen LogP contribution in [-0.2, 0) is 6.18 Å². The van der Waals surface area contributed by atoms with E-state index in [1.54, 1.807) is 13.0 Å². The molecule has 2 heterocycles. The van der Waals surface area contributed by atoms with E-state index in [-0.39, 0.29) is 5.92 Å². The minimum Gasteiger partial charge on any atom is -0.306 e. The van der Waals surface area contributed by atoms with Crippen LogP contribution in [-0.4, -0.2) is 35.0 Å². The van der Waals surface area contributed by atoms with Crippen LogP contribution in [0.5, 0.6) is 0 Å². The highest BCUT2D eigenvalue weighted by molar-refractivity contribution is 5.16. The fraction of sp³-hybridized carbons (Fsp3) is 0.667. The first-order valence-corrected chi connectivity index (χ1v) is 5.97. The van der Waals surface area contributed by atoms with Crippen LogP contribution < -0.4 is 0 Å². The van der Waals surface area contributed by atoms with Gasteiger partial charge in [-0.2, -0.15) is 13.2 Å². The molecule has 0 unspecified atom stereocenters. The zero-order valence-corrected chi connectivity index (χ0v) is 10.5. The first kappa shape index (κ1) is 13.3. The second-order valence-electron chi connectivity index (χ2n) is 4.83. The molecule has 0 spiro atoms. The molecule has 0 N–H and O–H groups in total. The summed E-state index contributed by atoms with van der Waals surface area (Å²) in [7, 11) is 2.02. The van der Waals surface area contributed by atoms with Gasteiger partial charge in [0.25, 0.3) is 0 Å². The van der Waals surface area contributed by atoms with Gasteiger partial charge in [-0.15, -0.1) is 0 Å². The molecule has 0 atom stereocenters. The lowest BCUT2D eigenvalue weighted by molar-refractivity contribution is -0.145. The van der Waals surface area contributed by atoms with Crippen molar-refractivity contribution in [3.8, 4) is 0 Å². The first-order chi connectivity index (χ1) is 8.36. The highest BCUT2D eigenvalue weighted by Gasteiger charge is 2.35. The van der Waals surface area contributed by atoms with Crippen LogP contribution >= 0.6 is 0 Å². The summed E-state index contributed by atoms with van der Waals surface area (Å²) >= 11 is 0. The minimum absolute atomic E-state index is 0.115. The Balaban J connectivity index is 2.25. The van der Waals surface area contributed by atoms with Gasteiger partial charge < -0.3 is 4.90 Å². The molecule has 0 amide bonds. The molecule has 100 valence electrons. The van der Waals surface area contributed by atoms with E-state index in [0.29, 0.717) is 11.4 Å². The predicted octanol–water partition coefficient (Wildman–Crippen LogP) is 2.61. The van der Waals surface area contributed by atoms with Gasteiger partial charge in [0, 0.05) is 17.3 Å². The van der Waals surface area contributed by atoms with Crippen molar-refractivity contribution < 1.29 is 13.2 Å². The van der Waals surface area contributed by atoms with Gasteiger partial charge in [0.2, 0.25) is 5.82 Å². The number of likely N-dealkylation sites (tertiary alicyclic amines) is 1. The summed E-state index contributed by atoms with van der Waals surface area (Å²) in [6.07, 6.45) is -2.76. The molecule has 6 heteroatoms. The Bertz CT molecular complexity index is 423. The fourth-order valence-corrected chi connectivity index (χ4v) is 2.23. The molecule has 2 rings (SSSR count). The van der Waals surface area contributed by atoms with E-state index in [1.165, 1.54) is 0 Å². The van der Waals surface area contributed by atoms with Crippen molar-refractivity contribution in [1.29, 1.82) is 0 Å². The normalized spacial score (nSPS) is 19.2. The van der Waals surface area contributed by atoms with Gasteiger partial charge in [0.15, 0.2) is 0 Å². The highest BCUT2D eigenvalue weighted by atomic mass is 19.4. The van der Waals surface area contributed by atoms with Crippen LogP contribution in [0.15, 0.2) is 6.07 Å². The lowest BCUT2D eigenvalue weighted by Gasteiger charge is -2.28. The van der Waals surface area contributed by atoms with Gasteiger partial charge in [-0.3, -0.25) is 0 Å². The van der Waals surface area contributed by atoms with Gasteiger partial charge in [0.05, 0.1) is 0 Å². The van der Waals surface area contributed by atoms with E-state index in [4.69, 9.17) is 0 Å². The van der Waals surface area contributed by atoms with Crippen molar-refractivity contribution in [2.45, 2.75) is 31.9 Å². The third-order valence-electron chi connectivity index (χ3n) is 3.26. The van der Waals surface area contributed by atoms with Gasteiger partial charge in [-0.05, 0) is 46.0 Å². The third kappa shape index (κ3) is 2.98. The van der Waals surface area contributed by atoms with Crippen LogP contribution in [0, 0.1) is 6.92 Å². The van der Waals surface area contributed by atoms with Crippen molar-refractivity contribution >= 4 is 0 Å². The molecule has 3 nitrogen and oxygen atoms in total. The second-order valence-corrected chi connectivity index (χ2v) is 4.83. The Morgan fingerprint density at radius 3 is 2.39 bits per heavy atom. The second kappa shape index (κ2) is 4.84. The molecule has 0 aromatic carbocycles. The molecule has 0 saturated carbocycles. The molecule has 1 saturated heterocycles. The molecular weight excluding hydrogens is 243 g/mol. The number of piperidine rings is 1. The number of nitrogens with zero attached hydrogens (tertiary/aromatic N) is 3. The number of rotatable bonds is 1. The molecule has 1 aromatic rings. The van der Waals surface area contributed by atoms with Crippen molar-refractivity contribution in [3.63, 3.8) is 0 Å². The largest absolute Gasteiger partial charge is 0.451 e. The topological polar surface area (TPSA) is 29.0 Å². The number of aryl methyl sites for hydroxylation is 1. The molecule has 1 aromatic heterocycles. The molecule has 0 aliphatic carbocycles. The van der Waals surface area contributed by atoms with Gasteiger partial charge >= 0.3 is 6.18 Å². The third-order valence-corrected chi connectivity index (χ3v) is 3.26. The maximum absolute atomic E-state index is 12.6. The molecule has 18 heavy (non-hydrogen) atoms. The standard InChI is InChI=1S/C12H16F3N3/c1-8-7-10(9-3-5-18(2)6-4-9)17-11(16-8)12(13,14)15/h7,9H,3-6H2,1-2H3. The molecule has 0 bridgehead atoms. The van der Waals surface area contributed by atoms with Gasteiger partial charge in [0.1, 0.15) is 0 Å². The van der Waals surface area contributed by atoms with Crippen molar-refractivity contribution in [2.24, 2.45) is 0 Å². The zero-order valence-electron chi connectivity index (χ0n) is 10.5. The Hall–Kier alpha value is -1.17. The van der Waals surface area contributed by atoms with E-state index in [9.17, 15) is 13.2 Å². The Morgan fingerprint density at radius 1 is 1.22 bits per heavy atom. The first-order valence-electron chi connectivity index (χ1n) is 5.97. The average Bonchev–Trinajstić information content (AvgIpc) is 2.28. The van der Waals surface area contributed by atoms with E-state index in [2.05, 4.69) is 14.9 Å². The summed E-state index contributed by atoms with van der Waals surface area (Å²) in [4.78, 5) is 9.34. The van der Waals surface area contributed by atoms with Crippen molar-refractivity contribution in [1.82, 2.24) is 14.9 Å². The van der Waals surface area contributed by atoms with Crippen LogP contribution in [0.3, 0.4) is 0 Å². The Labute approximate surface area is 104 Å². The predicted molar refractivity (Wildman–Crippen MR) is 61.2 cm³/mol. The average molecular weight is 259 g/mol. The van der Waals surface area contributed by atoms with E-state index < -0.39 is 12.0 Å². The number of aromatic nitrogens is 2. The summed E-state index contributed by atoms with van der Waals surface area (Å²) < 4.78 is 37.9.